The van der Waals surface area contributed by atoms with E-state index in [0.717, 1.165) is 0 Å². The number of alkyl halides is 3. The summed E-state index contributed by atoms with van der Waals surface area (Å²) in [7, 11) is 0. The Morgan fingerprint density at radius 1 is 0.943 bits per heavy atom. The van der Waals surface area contributed by atoms with Crippen molar-refractivity contribution in [2.24, 2.45) is 5.73 Å². The lowest BCUT2D eigenvalue weighted by Gasteiger charge is -2.14. The number of carbonyl (C=O) groups excluding carboxylic acids is 1. The molecular formula is C23H17F3N6O3. The molecule has 35 heavy (non-hydrogen) atoms. The summed E-state index contributed by atoms with van der Waals surface area (Å²) in [6.45, 7) is 0. The summed E-state index contributed by atoms with van der Waals surface area (Å²) in [6.07, 6.45) is -3.46. The van der Waals surface area contributed by atoms with Gasteiger partial charge in [-0.25, -0.2) is 4.98 Å². The fourth-order valence-electron chi connectivity index (χ4n) is 3.06. The minimum absolute atomic E-state index is 0.0696. The molecular weight excluding hydrogens is 465 g/mol. The number of hydrogen-bond donors (Lipinski definition) is 3. The second-order valence-corrected chi connectivity index (χ2v) is 7.03. The van der Waals surface area contributed by atoms with Crippen LogP contribution >= 0.6 is 0 Å². The Kier molecular flexibility index (Phi) is 6.36. The van der Waals surface area contributed by atoms with Crippen LogP contribution in [-0.2, 0) is 0 Å². The minimum atomic E-state index is -4.86. The van der Waals surface area contributed by atoms with Gasteiger partial charge in [0.1, 0.15) is 28.8 Å². The largest absolute Gasteiger partial charge is 0.573 e. The maximum atomic E-state index is 12.8. The summed E-state index contributed by atoms with van der Waals surface area (Å²) < 4.78 is 48.1. The Morgan fingerprint density at radius 2 is 1.69 bits per heavy atom. The van der Waals surface area contributed by atoms with Crippen LogP contribution in [0.5, 0.6) is 17.2 Å². The van der Waals surface area contributed by atoms with Gasteiger partial charge in [0.25, 0.3) is 5.91 Å². The van der Waals surface area contributed by atoms with Gasteiger partial charge in [-0.3, -0.25) is 9.78 Å². The van der Waals surface area contributed by atoms with E-state index < -0.39 is 18.0 Å². The molecule has 0 saturated carbocycles. The molecule has 0 atom stereocenters. The molecule has 2 aromatic carbocycles. The minimum Gasteiger partial charge on any atom is -0.457 e. The van der Waals surface area contributed by atoms with Gasteiger partial charge in [0.2, 0.25) is 5.95 Å². The zero-order valence-corrected chi connectivity index (χ0v) is 17.8. The van der Waals surface area contributed by atoms with Gasteiger partial charge in [-0.05, 0) is 42.5 Å². The van der Waals surface area contributed by atoms with Crippen molar-refractivity contribution in [1.29, 1.82) is 0 Å². The van der Waals surface area contributed by atoms with Crippen molar-refractivity contribution < 1.29 is 27.4 Å². The topological polar surface area (TPSA) is 138 Å². The summed E-state index contributed by atoms with van der Waals surface area (Å²) in [4.78, 5) is 23.2. The normalized spacial score (nSPS) is 11.1. The quantitative estimate of drug-likeness (QED) is 0.346. The standard InChI is InChI=1S/C23H17F3N6O3/c24-23(25,26)35-19-4-2-1-3-16(19)17-12-20(32-22(28)31-17)30-13-5-7-14(8-6-13)34-15-9-10-29-18(11-15)21(27)33/h1-12H,(H2,27,33)(H3,28,30,31,32). The second-order valence-electron chi connectivity index (χ2n) is 7.03. The summed E-state index contributed by atoms with van der Waals surface area (Å²) in [5.41, 5.74) is 11.9. The van der Waals surface area contributed by atoms with Crippen molar-refractivity contribution in [3.63, 3.8) is 0 Å². The van der Waals surface area contributed by atoms with Crippen molar-refractivity contribution in [3.8, 4) is 28.5 Å². The lowest BCUT2D eigenvalue weighted by molar-refractivity contribution is -0.274. The number of aromatic nitrogens is 3. The number of nitrogens with two attached hydrogens (primary N) is 2. The molecule has 0 fully saturated rings. The monoisotopic (exact) mass is 482 g/mol. The number of rotatable bonds is 7. The number of hydrogen-bond acceptors (Lipinski definition) is 8. The Bertz CT molecular complexity index is 1360. The predicted molar refractivity (Wildman–Crippen MR) is 121 cm³/mol. The third-order valence-corrected chi connectivity index (χ3v) is 4.48. The number of nitrogens with one attached hydrogen (secondary N) is 1. The van der Waals surface area contributed by atoms with Crippen molar-refractivity contribution in [1.82, 2.24) is 15.0 Å². The molecule has 0 aliphatic carbocycles. The number of anilines is 3. The van der Waals surface area contributed by atoms with Crippen LogP contribution in [0.3, 0.4) is 0 Å². The van der Waals surface area contributed by atoms with E-state index in [1.54, 1.807) is 36.4 Å². The molecule has 12 heteroatoms. The van der Waals surface area contributed by atoms with Crippen LogP contribution in [0.15, 0.2) is 72.9 Å². The molecule has 4 rings (SSSR count). The first-order valence-electron chi connectivity index (χ1n) is 9.97. The van der Waals surface area contributed by atoms with Crippen molar-refractivity contribution in [2.45, 2.75) is 6.36 Å². The van der Waals surface area contributed by atoms with E-state index in [0.29, 0.717) is 17.2 Å². The highest BCUT2D eigenvalue weighted by molar-refractivity contribution is 5.91. The smallest absolute Gasteiger partial charge is 0.457 e. The molecule has 0 saturated heterocycles. The Morgan fingerprint density at radius 3 is 2.40 bits per heavy atom. The van der Waals surface area contributed by atoms with E-state index in [1.807, 2.05) is 0 Å². The third kappa shape index (κ3) is 6.13. The highest BCUT2D eigenvalue weighted by Crippen LogP contribution is 2.34. The lowest BCUT2D eigenvalue weighted by Crippen LogP contribution is -2.17. The van der Waals surface area contributed by atoms with Crippen LogP contribution in [0, 0.1) is 0 Å². The number of primary amides is 1. The van der Waals surface area contributed by atoms with Crippen LogP contribution in [-0.4, -0.2) is 27.2 Å². The third-order valence-electron chi connectivity index (χ3n) is 4.48. The fraction of sp³-hybridized carbons (Fsp3) is 0.0435. The first-order chi connectivity index (χ1) is 16.7. The molecule has 5 N–H and O–H groups in total. The predicted octanol–water partition coefficient (Wildman–Crippen LogP) is 4.65. The van der Waals surface area contributed by atoms with Gasteiger partial charge in [0, 0.05) is 29.6 Å². The second kappa shape index (κ2) is 9.55. The molecule has 2 aromatic heterocycles. The molecule has 1 amide bonds. The molecule has 0 bridgehead atoms. The summed E-state index contributed by atoms with van der Waals surface area (Å²) >= 11 is 0. The maximum Gasteiger partial charge on any atom is 0.573 e. The summed E-state index contributed by atoms with van der Waals surface area (Å²) in [5, 5.41) is 3.02. The summed E-state index contributed by atoms with van der Waals surface area (Å²) in [5.74, 6) is -0.133. The first kappa shape index (κ1) is 23.3. The molecule has 2 heterocycles. The lowest BCUT2D eigenvalue weighted by atomic mass is 10.1. The number of halogens is 3. The molecule has 0 aliphatic heterocycles. The van der Waals surface area contributed by atoms with E-state index in [4.69, 9.17) is 16.2 Å². The van der Waals surface area contributed by atoms with Crippen LogP contribution < -0.4 is 26.3 Å². The van der Waals surface area contributed by atoms with Gasteiger partial charge >= 0.3 is 6.36 Å². The van der Waals surface area contributed by atoms with E-state index in [1.165, 1.54) is 36.5 Å². The Labute approximate surface area is 196 Å². The number of para-hydroxylation sites is 1. The maximum absolute atomic E-state index is 12.8. The number of benzene rings is 2. The van der Waals surface area contributed by atoms with Gasteiger partial charge < -0.3 is 26.3 Å². The fourth-order valence-corrected chi connectivity index (χ4v) is 3.06. The van der Waals surface area contributed by atoms with Crippen LogP contribution in [0.4, 0.5) is 30.6 Å². The van der Waals surface area contributed by atoms with Gasteiger partial charge in [0.15, 0.2) is 0 Å². The molecule has 0 aliphatic rings. The van der Waals surface area contributed by atoms with Crippen LogP contribution in [0.2, 0.25) is 0 Å². The number of amides is 1. The van der Waals surface area contributed by atoms with E-state index in [2.05, 4.69) is 25.0 Å². The molecule has 4 aromatic rings. The van der Waals surface area contributed by atoms with Crippen molar-refractivity contribution >= 4 is 23.4 Å². The number of ether oxygens (including phenoxy) is 2. The van der Waals surface area contributed by atoms with Gasteiger partial charge in [-0.1, -0.05) is 12.1 Å². The van der Waals surface area contributed by atoms with E-state index >= 15 is 0 Å². The molecule has 178 valence electrons. The highest BCUT2D eigenvalue weighted by Gasteiger charge is 2.32. The average Bonchev–Trinajstić information content (AvgIpc) is 2.79. The van der Waals surface area contributed by atoms with Gasteiger partial charge in [-0.15, -0.1) is 13.2 Å². The summed E-state index contributed by atoms with van der Waals surface area (Å²) in [6, 6.07) is 16.7. The van der Waals surface area contributed by atoms with Crippen LogP contribution in [0.25, 0.3) is 11.3 Å². The van der Waals surface area contributed by atoms with Crippen molar-refractivity contribution in [3.05, 3.63) is 78.6 Å². The molecule has 0 unspecified atom stereocenters. The molecule has 0 spiro atoms. The van der Waals surface area contributed by atoms with E-state index in [-0.39, 0.29) is 28.7 Å². The highest BCUT2D eigenvalue weighted by atomic mass is 19.4. The zero-order valence-electron chi connectivity index (χ0n) is 17.8. The Balaban J connectivity index is 1.53. The zero-order chi connectivity index (χ0) is 25.0. The number of nitrogen functional groups attached to an aromatic ring is 1. The average molecular weight is 482 g/mol. The number of nitrogens with zero attached hydrogens (tertiary/aromatic N) is 3. The van der Waals surface area contributed by atoms with E-state index in [9.17, 15) is 18.0 Å². The Hall–Kier alpha value is -4.87. The number of carbonyl (C=O) groups is 1. The molecule has 9 nitrogen and oxygen atoms in total. The molecule has 0 radical (unpaired) electrons. The number of pyridine rings is 1. The first-order valence-corrected chi connectivity index (χ1v) is 9.97. The van der Waals surface area contributed by atoms with Crippen LogP contribution in [0.1, 0.15) is 10.5 Å². The SMILES string of the molecule is NC(=O)c1cc(Oc2ccc(Nc3cc(-c4ccccc4OC(F)(F)F)nc(N)n3)cc2)ccn1. The van der Waals surface area contributed by atoms with Gasteiger partial charge in [0.05, 0.1) is 5.69 Å². The van der Waals surface area contributed by atoms with Gasteiger partial charge in [-0.2, -0.15) is 4.98 Å². The van der Waals surface area contributed by atoms with Crippen molar-refractivity contribution in [2.75, 3.05) is 11.1 Å².